The number of aryl methyl sites for hydroxylation is 1. The predicted octanol–water partition coefficient (Wildman–Crippen LogP) is 3.91. The molecule has 1 aromatic heterocycles. The van der Waals surface area contributed by atoms with Crippen molar-refractivity contribution in [2.24, 2.45) is 0 Å². The van der Waals surface area contributed by atoms with Gasteiger partial charge in [0.25, 0.3) is 0 Å². The number of pyridine rings is 1. The summed E-state index contributed by atoms with van der Waals surface area (Å²) in [5.41, 5.74) is -1.43. The van der Waals surface area contributed by atoms with Crippen LogP contribution in [0.15, 0.2) is 6.07 Å². The molecule has 2 nitrogen and oxygen atoms in total. The van der Waals surface area contributed by atoms with Crippen LogP contribution in [-0.2, 0) is 6.18 Å². The van der Waals surface area contributed by atoms with Gasteiger partial charge >= 0.3 is 12.5 Å². The predicted molar refractivity (Wildman–Crippen MR) is 53.4 cm³/mol. The second-order valence-electron chi connectivity index (χ2n) is 2.99. The van der Waals surface area contributed by atoms with E-state index in [2.05, 4.69) is 9.72 Å². The van der Waals surface area contributed by atoms with Gasteiger partial charge in [0.1, 0.15) is 3.70 Å². The maximum atomic E-state index is 12.4. The minimum absolute atomic E-state index is 0.338. The second kappa shape index (κ2) is 4.50. The second-order valence-corrected chi connectivity index (χ2v) is 4.02. The number of hydrogen-bond donors (Lipinski definition) is 0. The molecule has 96 valence electrons. The molecule has 0 aliphatic heterocycles. The number of alkyl halides is 6. The molecule has 1 rings (SSSR count). The summed E-state index contributed by atoms with van der Waals surface area (Å²) < 4.78 is 75.8. The van der Waals surface area contributed by atoms with E-state index in [9.17, 15) is 26.3 Å². The quantitative estimate of drug-likeness (QED) is 0.424. The molecular weight excluding hydrogens is 367 g/mol. The van der Waals surface area contributed by atoms with Crippen LogP contribution in [0.25, 0.3) is 0 Å². The molecular formula is C8H4F6INO. The van der Waals surface area contributed by atoms with Crippen molar-refractivity contribution < 1.29 is 31.1 Å². The zero-order valence-electron chi connectivity index (χ0n) is 8.08. The van der Waals surface area contributed by atoms with Gasteiger partial charge < -0.3 is 4.74 Å². The lowest BCUT2D eigenvalue weighted by Crippen LogP contribution is -2.20. The fraction of sp³-hybridized carbons (Fsp3) is 0.375. The first-order valence-electron chi connectivity index (χ1n) is 4.01. The molecule has 17 heavy (non-hydrogen) atoms. The fourth-order valence-corrected chi connectivity index (χ4v) is 1.67. The van der Waals surface area contributed by atoms with Crippen LogP contribution in [0.2, 0.25) is 0 Å². The number of rotatable bonds is 1. The summed E-state index contributed by atoms with van der Waals surface area (Å²) in [6.45, 7) is 1.05. The van der Waals surface area contributed by atoms with E-state index >= 15 is 0 Å². The summed E-state index contributed by atoms with van der Waals surface area (Å²) in [4.78, 5) is 3.15. The number of halogens is 7. The van der Waals surface area contributed by atoms with Crippen molar-refractivity contribution in [2.75, 3.05) is 0 Å². The molecule has 0 aliphatic rings. The van der Waals surface area contributed by atoms with Crippen molar-refractivity contribution in [3.63, 3.8) is 0 Å². The Hall–Kier alpha value is -0.740. The highest BCUT2D eigenvalue weighted by atomic mass is 127. The Morgan fingerprint density at radius 1 is 1.18 bits per heavy atom. The zero-order chi connectivity index (χ0) is 13.4. The highest BCUT2D eigenvalue weighted by molar-refractivity contribution is 14.1. The molecule has 0 aliphatic carbocycles. The highest BCUT2D eigenvalue weighted by Crippen LogP contribution is 2.35. The molecule has 0 spiro atoms. The SMILES string of the molecule is Cc1cc(C(F)(F)F)c(I)nc1OC(F)(F)F. The Balaban J connectivity index is 3.19. The molecule has 0 amide bonds. The molecule has 0 saturated heterocycles. The number of hydrogen-bond acceptors (Lipinski definition) is 2. The highest BCUT2D eigenvalue weighted by Gasteiger charge is 2.37. The van der Waals surface area contributed by atoms with Crippen LogP contribution in [0.1, 0.15) is 11.1 Å². The lowest BCUT2D eigenvalue weighted by Gasteiger charge is -2.14. The Kier molecular flexibility index (Phi) is 3.79. The van der Waals surface area contributed by atoms with Crippen LogP contribution in [0.4, 0.5) is 26.3 Å². The van der Waals surface area contributed by atoms with E-state index in [0.717, 1.165) is 6.92 Å². The third-order valence-electron chi connectivity index (χ3n) is 1.64. The summed E-state index contributed by atoms with van der Waals surface area (Å²) >= 11 is 1.20. The minimum Gasteiger partial charge on any atom is -0.388 e. The third-order valence-corrected chi connectivity index (χ3v) is 2.46. The van der Waals surface area contributed by atoms with E-state index in [-0.39, 0.29) is 5.56 Å². The third kappa shape index (κ3) is 3.89. The Bertz CT molecular complexity index is 427. The Morgan fingerprint density at radius 3 is 2.12 bits per heavy atom. The van der Waals surface area contributed by atoms with Crippen LogP contribution in [0.5, 0.6) is 5.88 Å². The molecule has 0 bridgehead atoms. The maximum Gasteiger partial charge on any atom is 0.574 e. The Labute approximate surface area is 105 Å². The summed E-state index contributed by atoms with van der Waals surface area (Å²) in [7, 11) is 0. The number of nitrogens with zero attached hydrogens (tertiary/aromatic N) is 1. The lowest BCUT2D eigenvalue weighted by molar-refractivity contribution is -0.276. The first kappa shape index (κ1) is 14.3. The van der Waals surface area contributed by atoms with Gasteiger partial charge in [-0.15, -0.1) is 13.2 Å². The first-order chi connectivity index (χ1) is 7.50. The van der Waals surface area contributed by atoms with Crippen molar-refractivity contribution >= 4 is 22.6 Å². The van der Waals surface area contributed by atoms with Gasteiger partial charge in [0.2, 0.25) is 5.88 Å². The van der Waals surface area contributed by atoms with E-state index in [4.69, 9.17) is 0 Å². The summed E-state index contributed by atoms with van der Waals surface area (Å²) in [5, 5.41) is 0. The molecule has 9 heteroatoms. The van der Waals surface area contributed by atoms with Crippen LogP contribution in [0, 0.1) is 10.6 Å². The Morgan fingerprint density at radius 2 is 1.71 bits per heavy atom. The van der Waals surface area contributed by atoms with Crippen LogP contribution < -0.4 is 4.74 Å². The monoisotopic (exact) mass is 371 g/mol. The molecule has 0 saturated carbocycles. The molecule has 0 radical (unpaired) electrons. The van der Waals surface area contributed by atoms with Gasteiger partial charge in [-0.2, -0.15) is 13.2 Å². The zero-order valence-corrected chi connectivity index (χ0v) is 10.2. The van der Waals surface area contributed by atoms with Crippen molar-refractivity contribution in [1.29, 1.82) is 0 Å². The van der Waals surface area contributed by atoms with Crippen molar-refractivity contribution in [3.8, 4) is 5.88 Å². The summed E-state index contributed by atoms with van der Waals surface area (Å²) in [6.07, 6.45) is -9.65. The maximum absolute atomic E-state index is 12.4. The topological polar surface area (TPSA) is 22.1 Å². The van der Waals surface area contributed by atoms with Gasteiger partial charge in [-0.25, -0.2) is 4.98 Å². The van der Waals surface area contributed by atoms with E-state index in [1.165, 1.54) is 22.6 Å². The lowest BCUT2D eigenvalue weighted by atomic mass is 10.2. The number of aromatic nitrogens is 1. The molecule has 1 aromatic rings. The van der Waals surface area contributed by atoms with Gasteiger partial charge in [-0.1, -0.05) is 0 Å². The standard InChI is InChI=1S/C8H4F6INO/c1-3-2-4(7(9,10)11)5(15)16-6(3)17-8(12,13)14/h2H,1H3. The largest absolute Gasteiger partial charge is 0.574 e. The smallest absolute Gasteiger partial charge is 0.388 e. The molecule has 0 N–H and O–H groups in total. The van der Waals surface area contributed by atoms with Crippen LogP contribution in [0.3, 0.4) is 0 Å². The van der Waals surface area contributed by atoms with Gasteiger partial charge in [-0.05, 0) is 35.6 Å². The normalized spacial score (nSPS) is 12.7. The first-order valence-corrected chi connectivity index (χ1v) is 5.08. The van der Waals surface area contributed by atoms with E-state index in [0.29, 0.717) is 6.07 Å². The summed E-state index contributed by atoms with van der Waals surface area (Å²) in [5.74, 6) is -0.880. The van der Waals surface area contributed by atoms with Gasteiger partial charge in [-0.3, -0.25) is 0 Å². The van der Waals surface area contributed by atoms with Crippen molar-refractivity contribution in [1.82, 2.24) is 4.98 Å². The molecule has 1 heterocycles. The molecule has 0 atom stereocenters. The van der Waals surface area contributed by atoms with Crippen molar-refractivity contribution in [3.05, 3.63) is 20.9 Å². The van der Waals surface area contributed by atoms with E-state index in [1.807, 2.05) is 0 Å². The van der Waals surface area contributed by atoms with E-state index < -0.39 is 27.7 Å². The molecule has 0 aromatic carbocycles. The average molecular weight is 371 g/mol. The van der Waals surface area contributed by atoms with E-state index in [1.54, 1.807) is 0 Å². The van der Waals surface area contributed by atoms with Crippen LogP contribution in [-0.4, -0.2) is 11.3 Å². The van der Waals surface area contributed by atoms with Crippen LogP contribution >= 0.6 is 22.6 Å². The van der Waals surface area contributed by atoms with Gasteiger partial charge in [0.05, 0.1) is 5.56 Å². The fourth-order valence-electron chi connectivity index (χ4n) is 0.987. The van der Waals surface area contributed by atoms with Gasteiger partial charge in [0.15, 0.2) is 0 Å². The molecule has 0 unspecified atom stereocenters. The summed E-state index contributed by atoms with van der Waals surface area (Å²) in [6, 6.07) is 0.565. The number of ether oxygens (including phenoxy) is 1. The van der Waals surface area contributed by atoms with Gasteiger partial charge in [0, 0.05) is 5.56 Å². The van der Waals surface area contributed by atoms with Crippen molar-refractivity contribution in [2.45, 2.75) is 19.5 Å². The minimum atomic E-state index is -4.99. The average Bonchev–Trinajstić information content (AvgIpc) is 2.06. The molecule has 0 fully saturated rings.